The van der Waals surface area contributed by atoms with E-state index in [9.17, 15) is 5.11 Å². The molecule has 3 saturated carbocycles. The highest BCUT2D eigenvalue weighted by molar-refractivity contribution is 5.25. The highest BCUT2D eigenvalue weighted by Crippen LogP contribution is 2.67. The van der Waals surface area contributed by atoms with Gasteiger partial charge in [0, 0.05) is 0 Å². The van der Waals surface area contributed by atoms with E-state index in [0.29, 0.717) is 10.8 Å². The lowest BCUT2D eigenvalue weighted by molar-refractivity contribution is -0.0572. The van der Waals surface area contributed by atoms with Crippen molar-refractivity contribution in [2.75, 3.05) is 0 Å². The lowest BCUT2D eigenvalue weighted by Gasteiger charge is -2.58. The first-order chi connectivity index (χ1) is 13.4. The van der Waals surface area contributed by atoms with Gasteiger partial charge in [-0.2, -0.15) is 0 Å². The molecule has 0 saturated heterocycles. The summed E-state index contributed by atoms with van der Waals surface area (Å²) in [6.45, 7) is 10.2. The summed E-state index contributed by atoms with van der Waals surface area (Å²) >= 11 is 0. The second-order valence-electron chi connectivity index (χ2n) is 11.7. The molecule has 4 rings (SSSR count). The Morgan fingerprint density at radius 2 is 1.86 bits per heavy atom. The molecule has 8 atom stereocenters. The van der Waals surface area contributed by atoms with Crippen LogP contribution in [0.15, 0.2) is 11.6 Å². The van der Waals surface area contributed by atoms with E-state index >= 15 is 0 Å². The zero-order valence-corrected chi connectivity index (χ0v) is 19.2. The third-order valence-electron chi connectivity index (χ3n) is 10.4. The van der Waals surface area contributed by atoms with Crippen LogP contribution in [-0.2, 0) is 0 Å². The fraction of sp³-hybridized carbons (Fsp3) is 0.926. The highest BCUT2D eigenvalue weighted by Gasteiger charge is 2.58. The van der Waals surface area contributed by atoms with Crippen LogP contribution < -0.4 is 0 Å². The van der Waals surface area contributed by atoms with E-state index in [4.69, 9.17) is 0 Å². The van der Waals surface area contributed by atoms with Crippen molar-refractivity contribution in [3.8, 4) is 0 Å². The Morgan fingerprint density at radius 3 is 2.64 bits per heavy atom. The van der Waals surface area contributed by atoms with Crippen molar-refractivity contribution in [1.29, 1.82) is 0 Å². The molecule has 0 aromatic rings. The Morgan fingerprint density at radius 1 is 1.04 bits per heavy atom. The first-order valence-electron chi connectivity index (χ1n) is 12.8. The van der Waals surface area contributed by atoms with Crippen molar-refractivity contribution in [3.63, 3.8) is 0 Å². The third kappa shape index (κ3) is 3.42. The molecule has 1 nitrogen and oxygen atoms in total. The molecule has 4 aliphatic rings. The SMILES string of the molecule is CCCCCC[C@@H](C)[C@H]1CC[C@H]2[C@@H]3CC=C4C[C@@H](O)CC[C@]4(C)[C@H]3CC[C@]12C. The molecule has 160 valence electrons. The first-order valence-corrected chi connectivity index (χ1v) is 12.8. The number of aliphatic hydroxyl groups is 1. The molecular formula is C27H46O. The number of fused-ring (bicyclic) bond motifs is 5. The fourth-order valence-electron chi connectivity index (χ4n) is 8.71. The smallest absolute Gasteiger partial charge is 0.0577 e. The predicted molar refractivity (Wildman–Crippen MR) is 119 cm³/mol. The molecule has 0 aromatic carbocycles. The van der Waals surface area contributed by atoms with Crippen LogP contribution in [0.1, 0.15) is 111 Å². The van der Waals surface area contributed by atoms with Crippen molar-refractivity contribution < 1.29 is 5.11 Å². The fourth-order valence-corrected chi connectivity index (χ4v) is 8.71. The Kier molecular flexibility index (Phi) is 6.05. The molecule has 3 fully saturated rings. The normalized spacial score (nSPS) is 46.3. The molecule has 0 radical (unpaired) electrons. The van der Waals surface area contributed by atoms with E-state index in [0.717, 1.165) is 42.4 Å². The van der Waals surface area contributed by atoms with E-state index in [2.05, 4.69) is 33.8 Å². The summed E-state index contributed by atoms with van der Waals surface area (Å²) in [5.74, 6) is 4.64. The summed E-state index contributed by atoms with van der Waals surface area (Å²) in [6, 6.07) is 0. The molecule has 0 bridgehead atoms. The van der Waals surface area contributed by atoms with Crippen LogP contribution in [0.25, 0.3) is 0 Å². The molecule has 1 N–H and O–H groups in total. The van der Waals surface area contributed by atoms with Gasteiger partial charge in [-0.3, -0.25) is 0 Å². The van der Waals surface area contributed by atoms with Gasteiger partial charge in [-0.15, -0.1) is 0 Å². The predicted octanol–water partition coefficient (Wildman–Crippen LogP) is 7.53. The molecule has 0 spiro atoms. The molecule has 0 aromatic heterocycles. The quantitative estimate of drug-likeness (QED) is 0.369. The van der Waals surface area contributed by atoms with Crippen LogP contribution in [0.4, 0.5) is 0 Å². The topological polar surface area (TPSA) is 20.2 Å². The van der Waals surface area contributed by atoms with E-state index < -0.39 is 0 Å². The number of hydrogen-bond donors (Lipinski definition) is 1. The Bertz CT molecular complexity index is 579. The van der Waals surface area contributed by atoms with Crippen molar-refractivity contribution in [3.05, 3.63) is 11.6 Å². The Hall–Kier alpha value is -0.300. The van der Waals surface area contributed by atoms with Gasteiger partial charge in [0.05, 0.1) is 6.10 Å². The van der Waals surface area contributed by atoms with E-state index in [-0.39, 0.29) is 6.10 Å². The monoisotopic (exact) mass is 386 g/mol. The largest absolute Gasteiger partial charge is 0.393 e. The Balaban J connectivity index is 1.47. The van der Waals surface area contributed by atoms with Crippen LogP contribution in [0.2, 0.25) is 0 Å². The standard InChI is InChI=1S/C27H46O/c1-5-6-7-8-9-19(2)23-12-13-24-22-11-10-20-18-21(28)14-16-26(20,3)25(22)15-17-27(23,24)4/h10,19,21-25,28H,5-9,11-18H2,1-4H3/t19-,21+,22+,23-,24+,25+,26+,27-/m1/s1. The summed E-state index contributed by atoms with van der Waals surface area (Å²) in [7, 11) is 0. The number of hydrogen-bond acceptors (Lipinski definition) is 1. The summed E-state index contributed by atoms with van der Waals surface area (Å²) in [4.78, 5) is 0. The van der Waals surface area contributed by atoms with E-state index in [1.165, 1.54) is 70.6 Å². The van der Waals surface area contributed by atoms with E-state index in [1.54, 1.807) is 5.57 Å². The van der Waals surface area contributed by atoms with Gasteiger partial charge >= 0.3 is 0 Å². The summed E-state index contributed by atoms with van der Waals surface area (Å²) < 4.78 is 0. The lowest BCUT2D eigenvalue weighted by atomic mass is 9.47. The van der Waals surface area contributed by atoms with Crippen LogP contribution in [-0.4, -0.2) is 11.2 Å². The van der Waals surface area contributed by atoms with Crippen molar-refractivity contribution in [2.45, 2.75) is 117 Å². The number of rotatable bonds is 6. The first kappa shape index (κ1) is 21.0. The minimum Gasteiger partial charge on any atom is -0.393 e. The highest BCUT2D eigenvalue weighted by atomic mass is 16.3. The zero-order chi connectivity index (χ0) is 19.9. The maximum atomic E-state index is 10.2. The van der Waals surface area contributed by atoms with Gasteiger partial charge in [0.25, 0.3) is 0 Å². The minimum atomic E-state index is -0.0749. The van der Waals surface area contributed by atoms with Gasteiger partial charge < -0.3 is 5.11 Å². The second-order valence-corrected chi connectivity index (χ2v) is 11.7. The molecular weight excluding hydrogens is 340 g/mol. The molecule has 0 unspecified atom stereocenters. The van der Waals surface area contributed by atoms with Crippen LogP contribution in [0.5, 0.6) is 0 Å². The second kappa shape index (κ2) is 8.09. The molecule has 28 heavy (non-hydrogen) atoms. The van der Waals surface area contributed by atoms with Crippen LogP contribution in [0, 0.1) is 40.4 Å². The van der Waals surface area contributed by atoms with Gasteiger partial charge in [0.1, 0.15) is 0 Å². The molecule has 1 heteroatoms. The van der Waals surface area contributed by atoms with E-state index in [1.807, 2.05) is 0 Å². The number of unbranched alkanes of at least 4 members (excludes halogenated alkanes) is 3. The number of allylic oxidation sites excluding steroid dienone is 1. The average Bonchev–Trinajstić information content (AvgIpc) is 3.03. The van der Waals surface area contributed by atoms with Crippen molar-refractivity contribution in [1.82, 2.24) is 0 Å². The van der Waals surface area contributed by atoms with Gasteiger partial charge in [0.2, 0.25) is 0 Å². The minimum absolute atomic E-state index is 0.0749. The Labute approximate surface area is 174 Å². The maximum Gasteiger partial charge on any atom is 0.0577 e. The summed E-state index contributed by atoms with van der Waals surface area (Å²) in [5, 5.41) is 10.2. The van der Waals surface area contributed by atoms with Crippen molar-refractivity contribution in [2.24, 2.45) is 40.4 Å². The van der Waals surface area contributed by atoms with Crippen molar-refractivity contribution >= 4 is 0 Å². The molecule has 0 amide bonds. The molecule has 0 aliphatic heterocycles. The van der Waals surface area contributed by atoms with Gasteiger partial charge in [-0.05, 0) is 91.8 Å². The van der Waals surface area contributed by atoms with Gasteiger partial charge in [-0.25, -0.2) is 0 Å². The summed E-state index contributed by atoms with van der Waals surface area (Å²) in [6.07, 6.45) is 20.0. The average molecular weight is 387 g/mol. The zero-order valence-electron chi connectivity index (χ0n) is 19.2. The summed E-state index contributed by atoms with van der Waals surface area (Å²) in [5.41, 5.74) is 2.61. The molecule has 0 heterocycles. The third-order valence-corrected chi connectivity index (χ3v) is 10.4. The maximum absolute atomic E-state index is 10.2. The lowest BCUT2D eigenvalue weighted by Crippen LogP contribution is -2.50. The van der Waals surface area contributed by atoms with Gasteiger partial charge in [-0.1, -0.05) is 71.4 Å². The van der Waals surface area contributed by atoms with Crippen LogP contribution >= 0.6 is 0 Å². The van der Waals surface area contributed by atoms with Crippen LogP contribution in [0.3, 0.4) is 0 Å². The number of aliphatic hydroxyl groups excluding tert-OH is 1. The molecule has 4 aliphatic carbocycles. The van der Waals surface area contributed by atoms with Gasteiger partial charge in [0.15, 0.2) is 0 Å².